The first kappa shape index (κ1) is 20.1. The van der Waals surface area contributed by atoms with Gasteiger partial charge in [0.15, 0.2) is 0 Å². The molecule has 2 saturated heterocycles. The lowest BCUT2D eigenvalue weighted by Gasteiger charge is -2.18. The van der Waals surface area contributed by atoms with Gasteiger partial charge in [-0.05, 0) is 42.8 Å². The summed E-state index contributed by atoms with van der Waals surface area (Å²) in [5.74, 6) is -1.51. The monoisotopic (exact) mass is 426 g/mol. The first-order valence-corrected chi connectivity index (χ1v) is 9.96. The van der Waals surface area contributed by atoms with Crippen molar-refractivity contribution in [1.29, 1.82) is 0 Å². The van der Waals surface area contributed by atoms with E-state index >= 15 is 0 Å². The van der Waals surface area contributed by atoms with E-state index in [2.05, 4.69) is 0 Å². The molecule has 3 amide bonds. The second kappa shape index (κ2) is 7.91. The fourth-order valence-corrected chi connectivity index (χ4v) is 3.99. The Morgan fingerprint density at radius 1 is 1.00 bits per heavy atom. The number of aryl methyl sites for hydroxylation is 1. The Bertz CT molecular complexity index is 1050. The standard InChI is InChI=1S/C22H19ClN2O5/c1-13-10-15(6-7-17(13)25-19(26)8-9-20(25)27)30-22(29)14-11-21(28)24(12-14)18-5-3-2-4-16(18)23/h2-7,10,14H,8-9,11-12H2,1H3/t14-/m0/s1. The lowest BCUT2D eigenvalue weighted by molar-refractivity contribution is -0.139. The van der Waals surface area contributed by atoms with Crippen molar-refractivity contribution in [1.82, 2.24) is 0 Å². The molecule has 1 atom stereocenters. The Kier molecular flexibility index (Phi) is 5.30. The number of hydrogen-bond donors (Lipinski definition) is 0. The van der Waals surface area contributed by atoms with E-state index in [1.807, 2.05) is 0 Å². The third-order valence-electron chi connectivity index (χ3n) is 5.28. The Morgan fingerprint density at radius 3 is 2.37 bits per heavy atom. The lowest BCUT2D eigenvalue weighted by Crippen LogP contribution is -2.29. The molecule has 0 aromatic heterocycles. The van der Waals surface area contributed by atoms with Gasteiger partial charge in [-0.1, -0.05) is 23.7 Å². The Labute approximate surface area is 178 Å². The minimum Gasteiger partial charge on any atom is -0.426 e. The number of esters is 1. The van der Waals surface area contributed by atoms with Crippen LogP contribution < -0.4 is 14.5 Å². The van der Waals surface area contributed by atoms with E-state index in [4.69, 9.17) is 16.3 Å². The summed E-state index contributed by atoms with van der Waals surface area (Å²) < 4.78 is 5.47. The molecule has 0 aliphatic carbocycles. The summed E-state index contributed by atoms with van der Waals surface area (Å²) in [5.41, 5.74) is 1.70. The normalized spacial score (nSPS) is 19.0. The van der Waals surface area contributed by atoms with Gasteiger partial charge < -0.3 is 9.64 Å². The van der Waals surface area contributed by atoms with Gasteiger partial charge in [-0.3, -0.25) is 24.1 Å². The number of hydrogen-bond acceptors (Lipinski definition) is 5. The average molecular weight is 427 g/mol. The number of amides is 3. The number of halogens is 1. The van der Waals surface area contributed by atoms with Gasteiger partial charge in [-0.2, -0.15) is 0 Å². The summed E-state index contributed by atoms with van der Waals surface area (Å²) in [6, 6.07) is 11.7. The highest BCUT2D eigenvalue weighted by Gasteiger charge is 2.37. The summed E-state index contributed by atoms with van der Waals surface area (Å²) in [5, 5.41) is 0.442. The van der Waals surface area contributed by atoms with Crippen LogP contribution in [0.1, 0.15) is 24.8 Å². The van der Waals surface area contributed by atoms with E-state index in [1.54, 1.807) is 49.4 Å². The van der Waals surface area contributed by atoms with Gasteiger partial charge in [0.1, 0.15) is 5.75 Å². The Hall–Kier alpha value is -3.19. The predicted octanol–water partition coefficient (Wildman–Crippen LogP) is 3.26. The highest BCUT2D eigenvalue weighted by Crippen LogP contribution is 2.33. The minimum atomic E-state index is -0.615. The van der Waals surface area contributed by atoms with Crippen molar-refractivity contribution in [2.75, 3.05) is 16.3 Å². The van der Waals surface area contributed by atoms with Crippen LogP contribution >= 0.6 is 11.6 Å². The summed E-state index contributed by atoms with van der Waals surface area (Å²) in [7, 11) is 0. The van der Waals surface area contributed by atoms with Crippen molar-refractivity contribution in [3.63, 3.8) is 0 Å². The Morgan fingerprint density at radius 2 is 1.70 bits per heavy atom. The number of benzene rings is 2. The first-order chi connectivity index (χ1) is 14.3. The molecule has 2 aromatic carbocycles. The zero-order chi connectivity index (χ0) is 21.4. The summed E-state index contributed by atoms with van der Waals surface area (Å²) in [6.45, 7) is 1.93. The average Bonchev–Trinajstić information content (AvgIpc) is 3.25. The molecule has 0 spiro atoms. The molecule has 0 bridgehead atoms. The van der Waals surface area contributed by atoms with Crippen molar-refractivity contribution in [3.8, 4) is 5.75 Å². The summed E-state index contributed by atoms with van der Waals surface area (Å²) in [6.07, 6.45) is 0.442. The molecule has 2 heterocycles. The van der Waals surface area contributed by atoms with Crippen LogP contribution in [0.3, 0.4) is 0 Å². The fraction of sp³-hybridized carbons (Fsp3) is 0.273. The fourth-order valence-electron chi connectivity index (χ4n) is 3.76. The zero-order valence-corrected chi connectivity index (χ0v) is 17.0. The maximum atomic E-state index is 12.6. The molecule has 0 N–H and O–H groups in total. The molecular weight excluding hydrogens is 408 g/mol. The molecule has 7 nitrogen and oxygen atoms in total. The highest BCUT2D eigenvalue weighted by molar-refractivity contribution is 6.33. The van der Waals surface area contributed by atoms with Gasteiger partial charge in [0.05, 0.1) is 22.3 Å². The van der Waals surface area contributed by atoms with Gasteiger partial charge in [-0.25, -0.2) is 0 Å². The lowest BCUT2D eigenvalue weighted by atomic mass is 10.1. The number of para-hydroxylation sites is 1. The van der Waals surface area contributed by atoms with E-state index in [0.717, 1.165) is 4.90 Å². The highest BCUT2D eigenvalue weighted by atomic mass is 35.5. The molecule has 2 aliphatic rings. The molecule has 154 valence electrons. The molecule has 8 heteroatoms. The van der Waals surface area contributed by atoms with E-state index < -0.39 is 11.9 Å². The maximum absolute atomic E-state index is 12.6. The van der Waals surface area contributed by atoms with Crippen molar-refractivity contribution >= 4 is 46.7 Å². The van der Waals surface area contributed by atoms with Gasteiger partial charge in [0.2, 0.25) is 17.7 Å². The second-order valence-corrected chi connectivity index (χ2v) is 7.76. The topological polar surface area (TPSA) is 84.0 Å². The van der Waals surface area contributed by atoms with Crippen LogP contribution in [0.5, 0.6) is 5.75 Å². The van der Waals surface area contributed by atoms with Crippen LogP contribution in [0, 0.1) is 12.8 Å². The molecule has 0 radical (unpaired) electrons. The number of imide groups is 1. The summed E-state index contributed by atoms with van der Waals surface area (Å²) in [4.78, 5) is 51.6. The van der Waals surface area contributed by atoms with E-state index in [9.17, 15) is 19.2 Å². The van der Waals surface area contributed by atoms with Crippen LogP contribution in [-0.4, -0.2) is 30.2 Å². The molecule has 30 heavy (non-hydrogen) atoms. The molecule has 2 aromatic rings. The van der Waals surface area contributed by atoms with Crippen molar-refractivity contribution in [3.05, 3.63) is 53.1 Å². The minimum absolute atomic E-state index is 0.0396. The third kappa shape index (κ3) is 3.68. The van der Waals surface area contributed by atoms with Crippen LogP contribution in [-0.2, 0) is 19.2 Å². The third-order valence-corrected chi connectivity index (χ3v) is 5.60. The van der Waals surface area contributed by atoms with Gasteiger partial charge in [0.25, 0.3) is 0 Å². The molecule has 2 fully saturated rings. The van der Waals surface area contributed by atoms with Crippen molar-refractivity contribution < 1.29 is 23.9 Å². The van der Waals surface area contributed by atoms with Crippen LogP contribution in [0.4, 0.5) is 11.4 Å². The quantitative estimate of drug-likeness (QED) is 0.425. The smallest absolute Gasteiger partial charge is 0.316 e. The van der Waals surface area contributed by atoms with Gasteiger partial charge in [-0.15, -0.1) is 0 Å². The molecular formula is C22H19ClN2O5. The van der Waals surface area contributed by atoms with E-state index in [1.165, 1.54) is 4.90 Å². The van der Waals surface area contributed by atoms with Crippen molar-refractivity contribution in [2.24, 2.45) is 5.92 Å². The molecule has 0 unspecified atom stereocenters. The number of carbonyl (C=O) groups excluding carboxylic acids is 4. The number of rotatable bonds is 4. The van der Waals surface area contributed by atoms with Crippen LogP contribution in [0.2, 0.25) is 5.02 Å². The Balaban J connectivity index is 1.46. The first-order valence-electron chi connectivity index (χ1n) is 9.58. The second-order valence-electron chi connectivity index (χ2n) is 7.35. The van der Waals surface area contributed by atoms with Crippen LogP contribution in [0.15, 0.2) is 42.5 Å². The van der Waals surface area contributed by atoms with Gasteiger partial charge >= 0.3 is 5.97 Å². The number of ether oxygens (including phenoxy) is 1. The molecule has 4 rings (SSSR count). The summed E-state index contributed by atoms with van der Waals surface area (Å²) >= 11 is 6.17. The van der Waals surface area contributed by atoms with Gasteiger partial charge in [0, 0.05) is 25.8 Å². The molecule has 0 saturated carbocycles. The predicted molar refractivity (Wildman–Crippen MR) is 110 cm³/mol. The van der Waals surface area contributed by atoms with E-state index in [-0.39, 0.29) is 43.5 Å². The zero-order valence-electron chi connectivity index (χ0n) is 16.3. The number of anilines is 2. The van der Waals surface area contributed by atoms with Crippen LogP contribution in [0.25, 0.3) is 0 Å². The van der Waals surface area contributed by atoms with Crippen molar-refractivity contribution in [2.45, 2.75) is 26.2 Å². The van der Waals surface area contributed by atoms with E-state index in [0.29, 0.717) is 27.7 Å². The maximum Gasteiger partial charge on any atom is 0.316 e. The SMILES string of the molecule is Cc1cc(OC(=O)[C@H]2CC(=O)N(c3ccccc3Cl)C2)ccc1N1C(=O)CCC1=O. The number of nitrogens with zero attached hydrogens (tertiary/aromatic N) is 2. The largest absolute Gasteiger partial charge is 0.426 e. The molecule has 2 aliphatic heterocycles. The number of carbonyl (C=O) groups is 4.